The van der Waals surface area contributed by atoms with Gasteiger partial charge in [0, 0.05) is 24.1 Å². The van der Waals surface area contributed by atoms with Crippen molar-refractivity contribution in [2.24, 2.45) is 16.8 Å². The van der Waals surface area contributed by atoms with Gasteiger partial charge in [-0.1, -0.05) is 24.3 Å². The van der Waals surface area contributed by atoms with Gasteiger partial charge in [-0.15, -0.1) is 0 Å². The molecule has 1 fully saturated rings. The van der Waals surface area contributed by atoms with Crippen LogP contribution < -0.4 is 5.32 Å². The van der Waals surface area contributed by atoms with Crippen molar-refractivity contribution in [2.75, 3.05) is 0 Å². The largest absolute Gasteiger partial charge is 0.289 e. The maximum Gasteiger partial charge on any atom is 0.103 e. The van der Waals surface area contributed by atoms with E-state index in [0.717, 1.165) is 12.3 Å². The zero-order valence-electron chi connectivity index (χ0n) is 6.85. The summed E-state index contributed by atoms with van der Waals surface area (Å²) in [7, 11) is 0. The Morgan fingerprint density at radius 2 is 2.17 bits per heavy atom. The summed E-state index contributed by atoms with van der Waals surface area (Å²) in [6.45, 7) is 0. The van der Waals surface area contributed by atoms with E-state index < -0.39 is 0 Å². The first-order valence-corrected chi connectivity index (χ1v) is 4.58. The summed E-state index contributed by atoms with van der Waals surface area (Å²) in [6, 6.07) is 0.544. The summed E-state index contributed by atoms with van der Waals surface area (Å²) in [6.07, 6.45) is 12.5. The van der Waals surface area contributed by atoms with Crippen molar-refractivity contribution in [3.05, 3.63) is 24.3 Å². The minimum absolute atomic E-state index is 0.396. The molecule has 0 saturated carbocycles. The fourth-order valence-electron chi connectivity index (χ4n) is 2.47. The second kappa shape index (κ2) is 2.30. The van der Waals surface area contributed by atoms with E-state index in [1.54, 1.807) is 0 Å². The summed E-state index contributed by atoms with van der Waals surface area (Å²) < 4.78 is 0. The number of rotatable bonds is 0. The summed E-state index contributed by atoms with van der Waals surface area (Å²) in [5.74, 6) is 1.40. The Morgan fingerprint density at radius 1 is 1.25 bits per heavy atom. The zero-order chi connectivity index (χ0) is 7.97. The van der Waals surface area contributed by atoms with Crippen molar-refractivity contribution in [3.63, 3.8) is 0 Å². The molecule has 0 radical (unpaired) electrons. The minimum atomic E-state index is 0.396. The summed E-state index contributed by atoms with van der Waals surface area (Å²) in [5.41, 5.74) is 0. The smallest absolute Gasteiger partial charge is 0.103 e. The van der Waals surface area contributed by atoms with E-state index in [9.17, 15) is 0 Å². The Labute approximate surface area is 72.1 Å². The summed E-state index contributed by atoms with van der Waals surface area (Å²) >= 11 is 0. The monoisotopic (exact) mass is 160 g/mol. The molecule has 2 aliphatic heterocycles. The van der Waals surface area contributed by atoms with Gasteiger partial charge >= 0.3 is 0 Å². The maximum absolute atomic E-state index is 4.42. The number of hydrogen-bond acceptors (Lipinski definition) is 2. The SMILES string of the molecule is C1=CC2NC3N=CCC3C2C=C1. The number of hydrogen-bond donors (Lipinski definition) is 1. The Kier molecular flexibility index (Phi) is 1.27. The molecule has 1 N–H and O–H groups in total. The van der Waals surface area contributed by atoms with Crippen LogP contribution in [0, 0.1) is 11.8 Å². The van der Waals surface area contributed by atoms with Crippen LogP contribution in [0.15, 0.2) is 29.3 Å². The number of nitrogens with zero attached hydrogens (tertiary/aromatic N) is 1. The quantitative estimate of drug-likeness (QED) is 0.564. The first kappa shape index (κ1) is 6.61. The number of allylic oxidation sites excluding steroid dienone is 2. The van der Waals surface area contributed by atoms with Gasteiger partial charge in [0.2, 0.25) is 0 Å². The average Bonchev–Trinajstić information content (AvgIpc) is 2.62. The highest BCUT2D eigenvalue weighted by molar-refractivity contribution is 5.61. The van der Waals surface area contributed by atoms with E-state index in [1.807, 2.05) is 0 Å². The third-order valence-electron chi connectivity index (χ3n) is 3.08. The summed E-state index contributed by atoms with van der Waals surface area (Å²) in [5, 5.41) is 3.52. The lowest BCUT2D eigenvalue weighted by molar-refractivity contribution is 0.449. The topological polar surface area (TPSA) is 24.4 Å². The highest BCUT2D eigenvalue weighted by Gasteiger charge is 2.42. The lowest BCUT2D eigenvalue weighted by atomic mass is 9.86. The third kappa shape index (κ3) is 0.758. The third-order valence-corrected chi connectivity index (χ3v) is 3.08. The van der Waals surface area contributed by atoms with Crippen LogP contribution in [-0.2, 0) is 0 Å². The number of nitrogens with one attached hydrogen (secondary N) is 1. The molecule has 0 amide bonds. The Balaban J connectivity index is 1.93. The first-order chi connectivity index (χ1) is 5.95. The molecule has 1 saturated heterocycles. The van der Waals surface area contributed by atoms with E-state index in [1.165, 1.54) is 0 Å². The molecular formula is C10H12N2. The fraction of sp³-hybridized carbons (Fsp3) is 0.500. The molecule has 4 atom stereocenters. The first-order valence-electron chi connectivity index (χ1n) is 4.58. The van der Waals surface area contributed by atoms with E-state index in [0.29, 0.717) is 18.1 Å². The predicted molar refractivity (Wildman–Crippen MR) is 49.1 cm³/mol. The van der Waals surface area contributed by atoms with Crippen molar-refractivity contribution in [3.8, 4) is 0 Å². The predicted octanol–water partition coefficient (Wildman–Crippen LogP) is 1.12. The van der Waals surface area contributed by atoms with Crippen LogP contribution in [-0.4, -0.2) is 18.4 Å². The molecule has 2 nitrogen and oxygen atoms in total. The number of fused-ring (bicyclic) bond motifs is 3. The van der Waals surface area contributed by atoms with Crippen LogP contribution in [0.1, 0.15) is 6.42 Å². The number of aliphatic imine (C=N–C) groups is 1. The normalized spacial score (nSPS) is 48.0. The van der Waals surface area contributed by atoms with Crippen molar-refractivity contribution in [1.29, 1.82) is 0 Å². The molecule has 3 aliphatic rings. The lowest BCUT2D eigenvalue weighted by Gasteiger charge is -2.18. The zero-order valence-corrected chi connectivity index (χ0v) is 6.85. The molecule has 4 unspecified atom stereocenters. The van der Waals surface area contributed by atoms with Crippen molar-refractivity contribution in [1.82, 2.24) is 5.32 Å². The van der Waals surface area contributed by atoms with Gasteiger partial charge in [0.25, 0.3) is 0 Å². The van der Waals surface area contributed by atoms with E-state index in [2.05, 4.69) is 40.8 Å². The fourth-order valence-corrected chi connectivity index (χ4v) is 2.47. The van der Waals surface area contributed by atoms with Gasteiger partial charge in [0.15, 0.2) is 0 Å². The molecular weight excluding hydrogens is 148 g/mol. The van der Waals surface area contributed by atoms with E-state index >= 15 is 0 Å². The Hall–Kier alpha value is -0.890. The molecule has 12 heavy (non-hydrogen) atoms. The second-order valence-electron chi connectivity index (χ2n) is 3.72. The Bertz CT molecular complexity index is 278. The van der Waals surface area contributed by atoms with Gasteiger partial charge in [0.1, 0.15) is 6.17 Å². The molecule has 0 aromatic heterocycles. The highest BCUT2D eigenvalue weighted by Crippen LogP contribution is 2.36. The average molecular weight is 160 g/mol. The Morgan fingerprint density at radius 3 is 3.17 bits per heavy atom. The molecule has 2 heterocycles. The molecule has 1 aliphatic carbocycles. The highest BCUT2D eigenvalue weighted by atomic mass is 15.1. The lowest BCUT2D eigenvalue weighted by Crippen LogP contribution is -2.28. The van der Waals surface area contributed by atoms with Crippen LogP contribution >= 0.6 is 0 Å². The van der Waals surface area contributed by atoms with Crippen LogP contribution in [0.2, 0.25) is 0 Å². The van der Waals surface area contributed by atoms with Gasteiger partial charge in [-0.3, -0.25) is 10.3 Å². The molecule has 2 heteroatoms. The van der Waals surface area contributed by atoms with E-state index in [4.69, 9.17) is 0 Å². The van der Waals surface area contributed by atoms with Crippen molar-refractivity contribution >= 4 is 6.21 Å². The van der Waals surface area contributed by atoms with Crippen molar-refractivity contribution in [2.45, 2.75) is 18.6 Å². The van der Waals surface area contributed by atoms with Crippen LogP contribution in [0.3, 0.4) is 0 Å². The van der Waals surface area contributed by atoms with Gasteiger partial charge in [-0.25, -0.2) is 0 Å². The maximum atomic E-state index is 4.42. The molecule has 62 valence electrons. The van der Waals surface area contributed by atoms with Crippen LogP contribution in [0.25, 0.3) is 0 Å². The molecule has 0 aromatic rings. The minimum Gasteiger partial charge on any atom is -0.289 e. The molecule has 0 bridgehead atoms. The van der Waals surface area contributed by atoms with Crippen molar-refractivity contribution < 1.29 is 0 Å². The van der Waals surface area contributed by atoms with Gasteiger partial charge in [0.05, 0.1) is 0 Å². The van der Waals surface area contributed by atoms with Crippen LogP contribution in [0.5, 0.6) is 0 Å². The van der Waals surface area contributed by atoms with Gasteiger partial charge < -0.3 is 0 Å². The summed E-state index contributed by atoms with van der Waals surface area (Å²) in [4.78, 5) is 4.42. The molecule has 0 aromatic carbocycles. The van der Waals surface area contributed by atoms with Gasteiger partial charge in [-0.05, 0) is 6.42 Å². The molecule has 3 rings (SSSR count). The second-order valence-corrected chi connectivity index (χ2v) is 3.72. The molecule has 0 spiro atoms. The standard InChI is InChI=1S/C10H12N2/c1-2-4-9-7(3-1)8-5-6-11-10(8)12-9/h1-4,6-10,12H,5H2. The van der Waals surface area contributed by atoms with Crippen LogP contribution in [0.4, 0.5) is 0 Å². The van der Waals surface area contributed by atoms with E-state index in [-0.39, 0.29) is 0 Å². The van der Waals surface area contributed by atoms with Gasteiger partial charge in [-0.2, -0.15) is 0 Å².